The van der Waals surface area contributed by atoms with Crippen molar-refractivity contribution < 1.29 is 38.5 Å². The van der Waals surface area contributed by atoms with E-state index in [0.717, 1.165) is 11.1 Å². The van der Waals surface area contributed by atoms with Gasteiger partial charge >= 0.3 is 17.9 Å². The van der Waals surface area contributed by atoms with Crippen molar-refractivity contribution in [2.75, 3.05) is 0 Å². The summed E-state index contributed by atoms with van der Waals surface area (Å²) in [5, 5.41) is 12.3. The zero-order chi connectivity index (χ0) is 31.0. The van der Waals surface area contributed by atoms with E-state index in [1.165, 1.54) is 0 Å². The van der Waals surface area contributed by atoms with Gasteiger partial charge in [-0.1, -0.05) is 42.9 Å². The van der Waals surface area contributed by atoms with E-state index in [-0.39, 0.29) is 24.5 Å². The second kappa shape index (κ2) is 8.68. The lowest BCUT2D eigenvalue weighted by atomic mass is 9.54. The molecule has 1 N–H and O–H groups in total. The van der Waals surface area contributed by atoms with Crippen LogP contribution in [0.5, 0.6) is 0 Å². The molecule has 7 rings (SSSR count). The third-order valence-electron chi connectivity index (χ3n) is 12.7. The highest BCUT2D eigenvalue weighted by atomic mass is 16.6. The lowest BCUT2D eigenvalue weighted by molar-refractivity contribution is -0.159. The van der Waals surface area contributed by atoms with Gasteiger partial charge in [0.2, 0.25) is 0 Å². The second-order valence-corrected chi connectivity index (χ2v) is 14.5. The molecular formula is C35H40O8. The number of ketones is 1. The summed E-state index contributed by atoms with van der Waals surface area (Å²) in [7, 11) is 0. The molecule has 2 aliphatic heterocycles. The molecule has 11 atom stereocenters. The number of aliphatic hydroxyl groups is 1. The molecule has 8 nitrogen and oxygen atoms in total. The Bertz CT molecular complexity index is 1540. The molecule has 2 saturated carbocycles. The summed E-state index contributed by atoms with van der Waals surface area (Å²) in [5.41, 5.74) is -1.13. The fourth-order valence-electron chi connectivity index (χ4n) is 10.5. The van der Waals surface area contributed by atoms with Crippen molar-refractivity contribution >= 4 is 23.7 Å². The normalized spacial score (nSPS) is 47.9. The zero-order valence-electron chi connectivity index (χ0n) is 25.7. The number of hydrogen-bond acceptors (Lipinski definition) is 8. The Balaban J connectivity index is 1.44. The monoisotopic (exact) mass is 588 g/mol. The molecule has 0 aromatic rings. The lowest BCUT2D eigenvalue weighted by Crippen LogP contribution is -2.53. The lowest BCUT2D eigenvalue weighted by Gasteiger charge is -2.46. The van der Waals surface area contributed by atoms with Crippen molar-refractivity contribution in [1.82, 2.24) is 0 Å². The van der Waals surface area contributed by atoms with E-state index < -0.39 is 75.8 Å². The Labute approximate surface area is 251 Å². The van der Waals surface area contributed by atoms with Crippen molar-refractivity contribution in [2.24, 2.45) is 39.9 Å². The quantitative estimate of drug-likeness (QED) is 0.217. The van der Waals surface area contributed by atoms with Gasteiger partial charge in [0.15, 0.2) is 5.78 Å². The Hall–Kier alpha value is -3.26. The van der Waals surface area contributed by atoms with Crippen LogP contribution in [0.1, 0.15) is 67.2 Å². The first-order chi connectivity index (χ1) is 20.1. The Morgan fingerprint density at radius 2 is 1.86 bits per heavy atom. The van der Waals surface area contributed by atoms with Crippen LogP contribution in [0.25, 0.3) is 0 Å². The van der Waals surface area contributed by atoms with Crippen LogP contribution < -0.4 is 0 Å². The molecule has 5 aliphatic carbocycles. The number of carbonyl (C=O) groups excluding carboxylic acids is 4. The second-order valence-electron chi connectivity index (χ2n) is 14.5. The van der Waals surface area contributed by atoms with Crippen LogP contribution in [0.3, 0.4) is 0 Å². The topological polar surface area (TPSA) is 116 Å². The highest BCUT2D eigenvalue weighted by molar-refractivity contribution is 6.09. The molecule has 7 aliphatic rings. The first-order valence-electron chi connectivity index (χ1n) is 15.4. The number of fused-ring (bicyclic) bond motifs is 6. The number of esters is 3. The largest absolute Gasteiger partial charge is 0.460 e. The van der Waals surface area contributed by atoms with Gasteiger partial charge < -0.3 is 19.3 Å². The Morgan fingerprint density at radius 3 is 2.56 bits per heavy atom. The van der Waals surface area contributed by atoms with E-state index >= 15 is 0 Å². The summed E-state index contributed by atoms with van der Waals surface area (Å²) in [4.78, 5) is 54.2. The first kappa shape index (κ1) is 28.5. The molecule has 0 radical (unpaired) electrons. The van der Waals surface area contributed by atoms with Crippen LogP contribution in [0.2, 0.25) is 0 Å². The third kappa shape index (κ3) is 3.20. The molecule has 43 heavy (non-hydrogen) atoms. The molecule has 2 heterocycles. The molecule has 2 bridgehead atoms. The van der Waals surface area contributed by atoms with Gasteiger partial charge in [0.05, 0.1) is 16.9 Å². The maximum absolute atomic E-state index is 14.7. The van der Waals surface area contributed by atoms with Crippen molar-refractivity contribution in [1.29, 1.82) is 0 Å². The van der Waals surface area contributed by atoms with Crippen LogP contribution in [-0.2, 0) is 33.4 Å². The van der Waals surface area contributed by atoms with Gasteiger partial charge in [-0.25, -0.2) is 9.59 Å². The SMILES string of the molecule is C=C1C(=O)O[C@@H]2[C@@H]3[C@@]4(C=C[C@@]3(C)[C@@]3(C4)C(=O)O[C@@H]4[C@H]5C(C)=CC(=O)C5=C(C)C[C@H](OC(=O)/C(C)=C\C)[C@H]43)[C@](C)(O)CC[C@@H]12. The van der Waals surface area contributed by atoms with Gasteiger partial charge in [-0.2, -0.15) is 0 Å². The van der Waals surface area contributed by atoms with Crippen molar-refractivity contribution in [3.05, 3.63) is 58.7 Å². The maximum atomic E-state index is 14.7. The van der Waals surface area contributed by atoms with Crippen LogP contribution in [0, 0.1) is 39.9 Å². The van der Waals surface area contributed by atoms with E-state index in [1.54, 1.807) is 26.0 Å². The minimum atomic E-state index is -1.22. The average Bonchev–Trinajstić information content (AvgIpc) is 3.62. The number of allylic oxidation sites excluding steroid dienone is 3. The smallest absolute Gasteiger partial charge is 0.334 e. The van der Waals surface area contributed by atoms with E-state index in [0.29, 0.717) is 29.6 Å². The summed E-state index contributed by atoms with van der Waals surface area (Å²) in [6.07, 6.45) is 6.82. The highest BCUT2D eigenvalue weighted by Gasteiger charge is 2.84. The van der Waals surface area contributed by atoms with E-state index in [1.807, 2.05) is 39.8 Å². The molecule has 1 spiro atoms. The van der Waals surface area contributed by atoms with Crippen LogP contribution >= 0.6 is 0 Å². The number of ether oxygens (including phenoxy) is 3. The fraction of sp³-hybridized carbons (Fsp3) is 0.600. The number of hydrogen-bond donors (Lipinski definition) is 1. The molecule has 0 amide bonds. The zero-order valence-corrected chi connectivity index (χ0v) is 25.7. The van der Waals surface area contributed by atoms with E-state index in [4.69, 9.17) is 14.2 Å². The Morgan fingerprint density at radius 1 is 1.14 bits per heavy atom. The van der Waals surface area contributed by atoms with Gasteiger partial charge in [-0.15, -0.1) is 0 Å². The minimum Gasteiger partial charge on any atom is -0.460 e. The number of rotatable bonds is 2. The maximum Gasteiger partial charge on any atom is 0.334 e. The highest BCUT2D eigenvalue weighted by Crippen LogP contribution is 2.80. The van der Waals surface area contributed by atoms with Gasteiger partial charge in [-0.3, -0.25) is 9.59 Å². The third-order valence-corrected chi connectivity index (χ3v) is 12.7. The van der Waals surface area contributed by atoms with Gasteiger partial charge in [-0.05, 0) is 60.0 Å². The summed E-state index contributed by atoms with van der Waals surface area (Å²) in [5.74, 6) is -3.18. The molecule has 0 aromatic heterocycles. The van der Waals surface area contributed by atoms with Crippen LogP contribution in [-0.4, -0.2) is 52.7 Å². The molecule has 4 fully saturated rings. The minimum absolute atomic E-state index is 0.0997. The number of carbonyl (C=O) groups is 4. The fourth-order valence-corrected chi connectivity index (χ4v) is 10.5. The molecule has 2 saturated heterocycles. The molecule has 0 aromatic carbocycles. The van der Waals surface area contributed by atoms with Gasteiger partial charge in [0.25, 0.3) is 0 Å². The molecular weight excluding hydrogens is 548 g/mol. The van der Waals surface area contributed by atoms with Crippen LogP contribution in [0.4, 0.5) is 0 Å². The summed E-state index contributed by atoms with van der Waals surface area (Å²) in [6, 6.07) is 0. The summed E-state index contributed by atoms with van der Waals surface area (Å²) in [6.45, 7) is 15.1. The van der Waals surface area contributed by atoms with Crippen molar-refractivity contribution in [2.45, 2.75) is 91.1 Å². The van der Waals surface area contributed by atoms with Crippen LogP contribution in [0.15, 0.2) is 58.7 Å². The standard InChI is InChI=1S/C35H40O8/c1-8-16(2)29(37)41-22-14-18(4)23-21(36)13-17(3)24(23)27-25(22)35(31(39)43-27)15-34-12-11-32(35,6)28(34)26-20(9-10-33(34,7)40)19(5)30(38)42-26/h8,11-13,20,22,24-28,40H,5,9-10,14-15H2,1-4,6-7H3/b16-8-/t20-,22-,24-,25+,26-,27+,28-,32+,33+,34-,35+/m0/s1. The summed E-state index contributed by atoms with van der Waals surface area (Å²) >= 11 is 0. The Kier molecular flexibility index (Phi) is 5.75. The average molecular weight is 589 g/mol. The van der Waals surface area contributed by atoms with Crippen molar-refractivity contribution in [3.8, 4) is 0 Å². The molecule has 228 valence electrons. The first-order valence-corrected chi connectivity index (χ1v) is 15.4. The van der Waals surface area contributed by atoms with E-state index in [9.17, 15) is 24.3 Å². The predicted molar refractivity (Wildman–Crippen MR) is 155 cm³/mol. The molecule has 8 heteroatoms. The predicted octanol–water partition coefficient (Wildman–Crippen LogP) is 4.48. The summed E-state index contributed by atoms with van der Waals surface area (Å²) < 4.78 is 18.8. The van der Waals surface area contributed by atoms with Crippen molar-refractivity contribution in [3.63, 3.8) is 0 Å². The van der Waals surface area contributed by atoms with E-state index in [2.05, 4.69) is 6.58 Å². The van der Waals surface area contributed by atoms with Gasteiger partial charge in [0.1, 0.15) is 18.3 Å². The molecule has 0 unspecified atom stereocenters. The van der Waals surface area contributed by atoms with Gasteiger partial charge in [0, 0.05) is 51.7 Å².